The average Bonchev–Trinajstić information content (AvgIpc) is 2.42. The molecule has 1 aromatic heterocycles. The van der Waals surface area contributed by atoms with Crippen molar-refractivity contribution >= 4 is 5.91 Å². The molecule has 0 aliphatic carbocycles. The summed E-state index contributed by atoms with van der Waals surface area (Å²) in [5.74, 6) is -0.196. The van der Waals surface area contributed by atoms with Crippen molar-refractivity contribution in [1.82, 2.24) is 15.3 Å². The van der Waals surface area contributed by atoms with Crippen molar-refractivity contribution in [2.24, 2.45) is 0 Å². The molecule has 0 spiro atoms. The summed E-state index contributed by atoms with van der Waals surface area (Å²) in [6.07, 6.45) is 0. The van der Waals surface area contributed by atoms with Gasteiger partial charge >= 0.3 is 0 Å². The van der Waals surface area contributed by atoms with Crippen molar-refractivity contribution < 1.29 is 9.63 Å². The second-order valence-electron chi connectivity index (χ2n) is 3.04. The average molecular weight is 197 g/mol. The van der Waals surface area contributed by atoms with Gasteiger partial charge in [-0.05, 0) is 26.8 Å². The van der Waals surface area contributed by atoms with E-state index in [2.05, 4.69) is 10.6 Å². The number of carbonyl (C=O) groups excluding carboxylic acids is 1. The lowest BCUT2D eigenvalue weighted by atomic mass is 10.4. The van der Waals surface area contributed by atoms with Crippen molar-refractivity contribution in [3.05, 3.63) is 17.5 Å². The maximum atomic E-state index is 11.2. The van der Waals surface area contributed by atoms with Gasteiger partial charge in [-0.1, -0.05) is 0 Å². The van der Waals surface area contributed by atoms with Crippen molar-refractivity contribution in [3.63, 3.8) is 0 Å². The number of rotatable bonds is 4. The summed E-state index contributed by atoms with van der Waals surface area (Å²) in [6.45, 7) is 6.27. The molecule has 5 heteroatoms. The normalized spacial score (nSPS) is 10.2. The van der Waals surface area contributed by atoms with E-state index >= 15 is 0 Å². The van der Waals surface area contributed by atoms with Crippen LogP contribution in [0.5, 0.6) is 0 Å². The molecule has 14 heavy (non-hydrogen) atoms. The minimum absolute atomic E-state index is 0.194. The molecule has 0 radical (unpaired) electrons. The number of nitrogens with one attached hydrogen (secondary N) is 1. The van der Waals surface area contributed by atoms with Crippen LogP contribution in [-0.4, -0.2) is 22.3 Å². The zero-order valence-electron chi connectivity index (χ0n) is 8.70. The molecule has 1 N–H and O–H groups in total. The van der Waals surface area contributed by atoms with Crippen LogP contribution in [0.3, 0.4) is 0 Å². The third kappa shape index (κ3) is 2.85. The summed E-state index contributed by atoms with van der Waals surface area (Å²) in [5.41, 5.74) is 4.19. The number of nitrogens with zero attached hydrogens (tertiary/aromatic N) is 2. The highest BCUT2D eigenvalue weighted by atomic mass is 16.6. The lowest BCUT2D eigenvalue weighted by Gasteiger charge is -2.05. The first-order chi connectivity index (χ1) is 6.63. The Hall–Kier alpha value is -1.36. The van der Waals surface area contributed by atoms with Gasteiger partial charge in [0.2, 0.25) is 0 Å². The lowest BCUT2D eigenvalue weighted by molar-refractivity contribution is -0.134. The molecule has 0 atom stereocenters. The van der Waals surface area contributed by atoms with Gasteiger partial charge < -0.3 is 0 Å². The van der Waals surface area contributed by atoms with E-state index in [0.717, 1.165) is 11.4 Å². The van der Waals surface area contributed by atoms with Crippen molar-refractivity contribution in [2.75, 3.05) is 6.61 Å². The number of carbonyl (C=O) groups is 1. The predicted molar refractivity (Wildman–Crippen MR) is 51.5 cm³/mol. The van der Waals surface area contributed by atoms with Crippen LogP contribution in [0.15, 0.2) is 6.07 Å². The molecule has 0 unspecified atom stereocenters. The summed E-state index contributed by atoms with van der Waals surface area (Å²) < 4.78 is 1.64. The van der Waals surface area contributed by atoms with Crippen LogP contribution in [0, 0.1) is 13.8 Å². The van der Waals surface area contributed by atoms with Crippen LogP contribution >= 0.6 is 0 Å². The molecule has 0 aromatic carbocycles. The maximum absolute atomic E-state index is 11.2. The third-order valence-electron chi connectivity index (χ3n) is 1.73. The van der Waals surface area contributed by atoms with Crippen LogP contribution in [0.4, 0.5) is 0 Å². The van der Waals surface area contributed by atoms with E-state index in [-0.39, 0.29) is 12.5 Å². The minimum atomic E-state index is -0.196. The van der Waals surface area contributed by atoms with Crippen molar-refractivity contribution in [2.45, 2.75) is 27.3 Å². The summed E-state index contributed by atoms with van der Waals surface area (Å²) in [5, 5.41) is 4.16. The van der Waals surface area contributed by atoms with Crippen molar-refractivity contribution in [1.29, 1.82) is 0 Å². The smallest absolute Gasteiger partial charge is 0.265 e. The molecule has 1 aromatic rings. The van der Waals surface area contributed by atoms with E-state index < -0.39 is 0 Å². The van der Waals surface area contributed by atoms with Crippen molar-refractivity contribution in [3.8, 4) is 0 Å². The van der Waals surface area contributed by atoms with Crippen LogP contribution in [0.1, 0.15) is 18.3 Å². The summed E-state index contributed by atoms with van der Waals surface area (Å²) in [4.78, 5) is 16.0. The lowest BCUT2D eigenvalue weighted by Crippen LogP contribution is -2.28. The highest BCUT2D eigenvalue weighted by molar-refractivity contribution is 5.74. The fourth-order valence-corrected chi connectivity index (χ4v) is 1.16. The second kappa shape index (κ2) is 4.76. The zero-order chi connectivity index (χ0) is 10.6. The van der Waals surface area contributed by atoms with Gasteiger partial charge in [0.1, 0.15) is 6.54 Å². The van der Waals surface area contributed by atoms with E-state index in [1.807, 2.05) is 26.8 Å². The van der Waals surface area contributed by atoms with E-state index in [1.165, 1.54) is 0 Å². The molecular weight excluding hydrogens is 182 g/mol. The quantitative estimate of drug-likeness (QED) is 0.718. The minimum Gasteiger partial charge on any atom is -0.274 e. The van der Waals surface area contributed by atoms with Gasteiger partial charge in [-0.25, -0.2) is 5.48 Å². The van der Waals surface area contributed by atoms with Gasteiger partial charge in [0.25, 0.3) is 5.91 Å². The largest absolute Gasteiger partial charge is 0.274 e. The Bertz CT molecular complexity index is 320. The molecule has 1 heterocycles. The van der Waals surface area contributed by atoms with Gasteiger partial charge in [0.05, 0.1) is 12.3 Å². The first kappa shape index (κ1) is 10.7. The molecule has 78 valence electrons. The Labute approximate surface area is 83.0 Å². The van der Waals surface area contributed by atoms with E-state index in [1.54, 1.807) is 4.68 Å². The van der Waals surface area contributed by atoms with E-state index in [0.29, 0.717) is 6.61 Å². The zero-order valence-corrected chi connectivity index (χ0v) is 8.70. The number of hydroxylamine groups is 1. The topological polar surface area (TPSA) is 56.1 Å². The Morgan fingerprint density at radius 2 is 2.36 bits per heavy atom. The Morgan fingerprint density at radius 1 is 1.64 bits per heavy atom. The van der Waals surface area contributed by atoms with Gasteiger partial charge in [-0.15, -0.1) is 0 Å². The number of aryl methyl sites for hydroxylation is 2. The molecule has 1 rings (SSSR count). The molecule has 0 saturated heterocycles. The third-order valence-corrected chi connectivity index (χ3v) is 1.73. The SMILES string of the molecule is CCONC(=O)Cn1nc(C)cc1C. The van der Waals surface area contributed by atoms with Crippen LogP contribution in [0.2, 0.25) is 0 Å². The molecule has 5 nitrogen and oxygen atoms in total. The predicted octanol–water partition coefficient (Wildman–Crippen LogP) is 0.568. The number of aromatic nitrogens is 2. The fraction of sp³-hybridized carbons (Fsp3) is 0.556. The molecule has 0 bridgehead atoms. The monoisotopic (exact) mass is 197 g/mol. The summed E-state index contributed by atoms with van der Waals surface area (Å²) >= 11 is 0. The number of hydrogen-bond donors (Lipinski definition) is 1. The molecule has 1 amide bonds. The summed E-state index contributed by atoms with van der Waals surface area (Å²) in [6, 6.07) is 1.92. The van der Waals surface area contributed by atoms with Gasteiger partial charge in [0, 0.05) is 5.69 Å². The highest BCUT2D eigenvalue weighted by Crippen LogP contribution is 2.00. The summed E-state index contributed by atoms with van der Waals surface area (Å²) in [7, 11) is 0. The van der Waals surface area contributed by atoms with Gasteiger partial charge in [-0.2, -0.15) is 5.10 Å². The molecule has 0 aliphatic rings. The van der Waals surface area contributed by atoms with Gasteiger partial charge in [0.15, 0.2) is 0 Å². The molecule has 0 aliphatic heterocycles. The van der Waals surface area contributed by atoms with Crippen LogP contribution in [0.25, 0.3) is 0 Å². The Morgan fingerprint density at radius 3 is 2.86 bits per heavy atom. The highest BCUT2D eigenvalue weighted by Gasteiger charge is 2.06. The second-order valence-corrected chi connectivity index (χ2v) is 3.04. The molecule has 0 saturated carbocycles. The molecular formula is C9H15N3O2. The fourth-order valence-electron chi connectivity index (χ4n) is 1.16. The Kier molecular flexibility index (Phi) is 3.64. The van der Waals surface area contributed by atoms with Crippen LogP contribution < -0.4 is 5.48 Å². The first-order valence-corrected chi connectivity index (χ1v) is 4.55. The van der Waals surface area contributed by atoms with E-state index in [4.69, 9.17) is 4.84 Å². The number of hydrogen-bond acceptors (Lipinski definition) is 3. The van der Waals surface area contributed by atoms with Gasteiger partial charge in [-0.3, -0.25) is 14.3 Å². The Balaban J connectivity index is 2.51. The van der Waals surface area contributed by atoms with E-state index in [9.17, 15) is 4.79 Å². The standard InChI is InChI=1S/C9H15N3O2/c1-4-14-11-9(13)6-12-8(3)5-7(2)10-12/h5H,4,6H2,1-3H3,(H,11,13). The first-order valence-electron chi connectivity index (χ1n) is 4.55. The maximum Gasteiger partial charge on any atom is 0.265 e. The van der Waals surface area contributed by atoms with Crippen LogP contribution in [-0.2, 0) is 16.2 Å². The number of amides is 1. The molecule has 0 fully saturated rings.